The van der Waals surface area contributed by atoms with Gasteiger partial charge in [0.15, 0.2) is 0 Å². The summed E-state index contributed by atoms with van der Waals surface area (Å²) in [5.74, 6) is 0.624. The summed E-state index contributed by atoms with van der Waals surface area (Å²) >= 11 is 1.68. The predicted molar refractivity (Wildman–Crippen MR) is 79.0 cm³/mol. The molecule has 1 unspecified atom stereocenters. The van der Waals surface area contributed by atoms with Crippen LogP contribution in [0.3, 0.4) is 0 Å². The van der Waals surface area contributed by atoms with Gasteiger partial charge in [-0.2, -0.15) is 11.8 Å². The second kappa shape index (κ2) is 9.07. The molecule has 20 heavy (non-hydrogen) atoms. The van der Waals surface area contributed by atoms with Gasteiger partial charge in [-0.25, -0.2) is 4.79 Å². The number of unbranched alkanes of at least 4 members (excludes halogenated alkanes) is 1. The highest BCUT2D eigenvalue weighted by Crippen LogP contribution is 2.20. The lowest BCUT2D eigenvalue weighted by Crippen LogP contribution is -2.53. The van der Waals surface area contributed by atoms with E-state index < -0.39 is 5.97 Å². The van der Waals surface area contributed by atoms with Crippen molar-refractivity contribution in [2.45, 2.75) is 32.2 Å². The monoisotopic (exact) mass is 304 g/mol. The van der Waals surface area contributed by atoms with Gasteiger partial charge in [0.25, 0.3) is 0 Å². The maximum Gasteiger partial charge on any atom is 0.320 e. The molecule has 1 rings (SSSR count). The number of carbonyl (C=O) groups excluding carboxylic acids is 1. The van der Waals surface area contributed by atoms with Crippen molar-refractivity contribution < 1.29 is 19.8 Å². The topological polar surface area (TPSA) is 81.1 Å². The molecule has 1 aliphatic heterocycles. The Hall–Kier alpha value is -0.950. The van der Waals surface area contributed by atoms with Crippen molar-refractivity contribution in [3.05, 3.63) is 0 Å². The van der Waals surface area contributed by atoms with Gasteiger partial charge in [-0.1, -0.05) is 13.3 Å². The van der Waals surface area contributed by atoms with Crippen LogP contribution in [0, 0.1) is 0 Å². The minimum atomic E-state index is -0.877. The number of thioether (sulfide) groups is 1. The lowest BCUT2D eigenvalue weighted by Gasteiger charge is -2.38. The van der Waals surface area contributed by atoms with Crippen LogP contribution in [-0.2, 0) is 4.79 Å². The van der Waals surface area contributed by atoms with Gasteiger partial charge in [-0.05, 0) is 6.42 Å². The number of amides is 2. The quantitative estimate of drug-likeness (QED) is 0.736. The van der Waals surface area contributed by atoms with Crippen molar-refractivity contribution in [2.24, 2.45) is 0 Å². The van der Waals surface area contributed by atoms with Gasteiger partial charge in [-0.15, -0.1) is 0 Å². The van der Waals surface area contributed by atoms with E-state index in [2.05, 4.69) is 0 Å². The maximum atomic E-state index is 12.5. The molecule has 2 amide bonds. The van der Waals surface area contributed by atoms with E-state index in [9.17, 15) is 9.59 Å². The Morgan fingerprint density at radius 2 is 2.15 bits per heavy atom. The van der Waals surface area contributed by atoms with E-state index in [1.54, 1.807) is 21.6 Å². The number of aliphatic carboxylic acids is 1. The van der Waals surface area contributed by atoms with Crippen molar-refractivity contribution >= 4 is 23.8 Å². The fourth-order valence-electron chi connectivity index (χ4n) is 2.23. The maximum absolute atomic E-state index is 12.5. The molecule has 7 heteroatoms. The van der Waals surface area contributed by atoms with Gasteiger partial charge in [0.1, 0.15) is 0 Å². The average molecular weight is 304 g/mol. The van der Waals surface area contributed by atoms with Crippen LogP contribution in [0.1, 0.15) is 26.2 Å². The molecule has 1 atom stereocenters. The summed E-state index contributed by atoms with van der Waals surface area (Å²) in [6, 6.07) is -0.388. The van der Waals surface area contributed by atoms with Crippen LogP contribution < -0.4 is 0 Å². The number of aliphatic hydroxyl groups excluding tert-OH is 1. The lowest BCUT2D eigenvalue weighted by molar-refractivity contribution is -0.138. The molecule has 1 saturated heterocycles. The number of aliphatic hydroxyl groups is 1. The number of urea groups is 1. The highest BCUT2D eigenvalue weighted by Gasteiger charge is 2.31. The molecule has 2 N–H and O–H groups in total. The molecule has 0 saturated carbocycles. The molecule has 1 fully saturated rings. The van der Waals surface area contributed by atoms with Gasteiger partial charge >= 0.3 is 12.0 Å². The Labute approximate surface area is 124 Å². The first-order chi connectivity index (χ1) is 9.60. The second-order valence-electron chi connectivity index (χ2n) is 4.87. The van der Waals surface area contributed by atoms with Crippen molar-refractivity contribution in [2.75, 3.05) is 37.7 Å². The second-order valence-corrected chi connectivity index (χ2v) is 6.02. The molecule has 116 valence electrons. The van der Waals surface area contributed by atoms with Crippen LogP contribution in [0.4, 0.5) is 4.79 Å². The molecule has 0 bridgehead atoms. The highest BCUT2D eigenvalue weighted by atomic mass is 32.2. The molecular formula is C13H24N2O4S. The largest absolute Gasteiger partial charge is 0.481 e. The first-order valence-electron chi connectivity index (χ1n) is 7.06. The molecule has 0 aliphatic carbocycles. The highest BCUT2D eigenvalue weighted by molar-refractivity contribution is 7.99. The van der Waals surface area contributed by atoms with Gasteiger partial charge in [-0.3, -0.25) is 4.79 Å². The van der Waals surface area contributed by atoms with Crippen LogP contribution >= 0.6 is 11.8 Å². The van der Waals surface area contributed by atoms with Crippen molar-refractivity contribution in [1.82, 2.24) is 9.80 Å². The zero-order chi connectivity index (χ0) is 15.0. The number of carboxylic acid groups (broad SMARTS) is 1. The summed E-state index contributed by atoms with van der Waals surface area (Å²) < 4.78 is 0. The number of hydrogen-bond donors (Lipinski definition) is 2. The number of rotatable bonds is 7. The zero-order valence-corrected chi connectivity index (χ0v) is 12.8. The Morgan fingerprint density at radius 1 is 1.40 bits per heavy atom. The van der Waals surface area contributed by atoms with E-state index in [4.69, 9.17) is 10.2 Å². The normalized spacial score (nSPS) is 18.9. The van der Waals surface area contributed by atoms with Gasteiger partial charge < -0.3 is 20.0 Å². The Kier molecular flexibility index (Phi) is 7.76. The average Bonchev–Trinajstić information content (AvgIpc) is 2.42. The van der Waals surface area contributed by atoms with Crippen LogP contribution in [-0.4, -0.2) is 75.8 Å². The standard InChI is InChI=1S/C13H24N2O4S/c1-2-3-4-14(5-7-16)13(19)15-6-8-20-10-11(15)9-12(17)18/h11,16H,2-10H2,1H3,(H,17,18). The molecule has 0 aromatic heterocycles. The van der Waals surface area contributed by atoms with Gasteiger partial charge in [0, 0.05) is 31.1 Å². The van der Waals surface area contributed by atoms with E-state index in [-0.39, 0.29) is 25.1 Å². The third-order valence-corrected chi connectivity index (χ3v) is 4.40. The summed E-state index contributed by atoms with van der Waals surface area (Å²) in [6.45, 7) is 3.48. The number of carbonyl (C=O) groups is 2. The molecule has 6 nitrogen and oxygen atoms in total. The zero-order valence-electron chi connectivity index (χ0n) is 12.0. The number of hydrogen-bond acceptors (Lipinski definition) is 4. The van der Waals surface area contributed by atoms with Gasteiger partial charge in [0.05, 0.1) is 19.1 Å². The van der Waals surface area contributed by atoms with Crippen LogP contribution in [0.25, 0.3) is 0 Å². The third kappa shape index (κ3) is 5.20. The van der Waals surface area contributed by atoms with Crippen molar-refractivity contribution in [1.29, 1.82) is 0 Å². The Morgan fingerprint density at radius 3 is 2.75 bits per heavy atom. The molecule has 0 radical (unpaired) electrons. The summed E-state index contributed by atoms with van der Waals surface area (Å²) in [4.78, 5) is 26.7. The van der Waals surface area contributed by atoms with Crippen molar-refractivity contribution in [3.8, 4) is 0 Å². The molecular weight excluding hydrogens is 280 g/mol. The molecule has 0 aromatic carbocycles. The Bertz CT molecular complexity index is 327. The SMILES string of the molecule is CCCCN(CCO)C(=O)N1CCSCC1CC(=O)O. The van der Waals surface area contributed by atoms with Gasteiger partial charge in [0.2, 0.25) is 0 Å². The summed E-state index contributed by atoms with van der Waals surface area (Å²) in [5.41, 5.74) is 0. The first-order valence-corrected chi connectivity index (χ1v) is 8.21. The minimum Gasteiger partial charge on any atom is -0.481 e. The minimum absolute atomic E-state index is 0.0144. The van der Waals surface area contributed by atoms with E-state index >= 15 is 0 Å². The molecule has 1 aliphatic rings. The third-order valence-electron chi connectivity index (χ3n) is 3.31. The summed E-state index contributed by atoms with van der Waals surface area (Å²) in [7, 11) is 0. The fourth-order valence-corrected chi connectivity index (χ4v) is 3.29. The smallest absolute Gasteiger partial charge is 0.320 e. The van der Waals surface area contributed by atoms with E-state index in [1.165, 1.54) is 0 Å². The number of nitrogens with zero attached hydrogens (tertiary/aromatic N) is 2. The van der Waals surface area contributed by atoms with E-state index in [0.29, 0.717) is 25.4 Å². The van der Waals surface area contributed by atoms with Crippen LogP contribution in [0.5, 0.6) is 0 Å². The number of carboxylic acids is 1. The molecule has 0 spiro atoms. The summed E-state index contributed by atoms with van der Waals surface area (Å²) in [6.07, 6.45) is 1.85. The Balaban J connectivity index is 2.69. The van der Waals surface area contributed by atoms with Crippen LogP contribution in [0.15, 0.2) is 0 Å². The van der Waals surface area contributed by atoms with E-state index in [1.807, 2.05) is 6.92 Å². The van der Waals surface area contributed by atoms with Crippen LogP contribution in [0.2, 0.25) is 0 Å². The first kappa shape index (κ1) is 17.1. The molecule has 0 aromatic rings. The lowest BCUT2D eigenvalue weighted by atomic mass is 10.2. The fraction of sp³-hybridized carbons (Fsp3) is 0.846. The predicted octanol–water partition coefficient (Wildman–Crippen LogP) is 1.09. The van der Waals surface area contributed by atoms with E-state index in [0.717, 1.165) is 18.6 Å². The summed E-state index contributed by atoms with van der Waals surface area (Å²) in [5, 5.41) is 18.0. The molecule has 1 heterocycles. The van der Waals surface area contributed by atoms with Crippen molar-refractivity contribution in [3.63, 3.8) is 0 Å².